The number of aromatic nitrogens is 2. The Labute approximate surface area is 223 Å². The van der Waals surface area contributed by atoms with Crippen molar-refractivity contribution in [2.75, 3.05) is 27.2 Å². The highest BCUT2D eigenvalue weighted by molar-refractivity contribution is 6.00. The third-order valence-electron chi connectivity index (χ3n) is 7.25. The smallest absolute Gasteiger partial charge is 0.336 e. The van der Waals surface area contributed by atoms with Gasteiger partial charge in [0.25, 0.3) is 0 Å². The van der Waals surface area contributed by atoms with Gasteiger partial charge in [0.2, 0.25) is 0 Å². The number of likely N-dealkylation sites (N-methyl/N-ethyl adjacent to an activating group) is 1. The van der Waals surface area contributed by atoms with E-state index in [2.05, 4.69) is 17.0 Å². The van der Waals surface area contributed by atoms with E-state index >= 15 is 0 Å². The Morgan fingerprint density at radius 3 is 2.34 bits per heavy atom. The van der Waals surface area contributed by atoms with Crippen molar-refractivity contribution < 1.29 is 19.4 Å². The second-order valence-corrected chi connectivity index (χ2v) is 10.1. The van der Waals surface area contributed by atoms with Crippen molar-refractivity contribution in [2.45, 2.75) is 46.1 Å². The van der Waals surface area contributed by atoms with E-state index in [-0.39, 0.29) is 11.5 Å². The molecule has 0 saturated carbocycles. The van der Waals surface area contributed by atoms with Crippen LogP contribution in [0.1, 0.15) is 56.4 Å². The summed E-state index contributed by atoms with van der Waals surface area (Å²) in [6.07, 6.45) is 1.84. The van der Waals surface area contributed by atoms with Gasteiger partial charge in [0, 0.05) is 42.8 Å². The Kier molecular flexibility index (Phi) is 8.02. The van der Waals surface area contributed by atoms with E-state index in [1.807, 2.05) is 82.2 Å². The van der Waals surface area contributed by atoms with Crippen molar-refractivity contribution in [1.29, 1.82) is 0 Å². The number of allylic oxidation sites excluding steroid dienone is 2. The van der Waals surface area contributed by atoms with Gasteiger partial charge >= 0.3 is 11.9 Å². The zero-order chi connectivity index (χ0) is 27.6. The lowest BCUT2D eigenvalue weighted by Crippen LogP contribution is -2.38. The molecule has 8 heteroatoms. The number of hydrogen-bond acceptors (Lipinski definition) is 6. The van der Waals surface area contributed by atoms with Crippen molar-refractivity contribution in [1.82, 2.24) is 19.4 Å². The number of fused-ring (bicyclic) bond motifs is 1. The minimum Gasteiger partial charge on any atom is -0.478 e. The van der Waals surface area contributed by atoms with Gasteiger partial charge in [-0.2, -0.15) is 5.10 Å². The van der Waals surface area contributed by atoms with Crippen LogP contribution in [0.25, 0.3) is 5.52 Å². The van der Waals surface area contributed by atoms with E-state index in [0.717, 1.165) is 23.3 Å². The topological polar surface area (TPSA) is 87.4 Å². The SMILES string of the molecule is COC(=O)C1=C(C)N(CCN(C)Cc2ccccc2)C(C)=C(C(=O)O)C1c1c(C(C)C)nn2ccccc12. The minimum absolute atomic E-state index is 0.0177. The highest BCUT2D eigenvalue weighted by atomic mass is 16.5. The summed E-state index contributed by atoms with van der Waals surface area (Å²) in [6, 6.07) is 15.9. The highest BCUT2D eigenvalue weighted by Gasteiger charge is 2.42. The van der Waals surface area contributed by atoms with Gasteiger partial charge in [-0.1, -0.05) is 50.2 Å². The number of rotatable bonds is 9. The highest BCUT2D eigenvalue weighted by Crippen LogP contribution is 2.45. The van der Waals surface area contributed by atoms with Crippen LogP contribution in [0.4, 0.5) is 0 Å². The third kappa shape index (κ3) is 5.09. The molecule has 0 fully saturated rings. The number of carboxylic acids is 1. The van der Waals surface area contributed by atoms with Crippen LogP contribution in [0.2, 0.25) is 0 Å². The number of carbonyl (C=O) groups is 2. The number of carboxylic acid groups (broad SMARTS) is 1. The Balaban J connectivity index is 1.81. The van der Waals surface area contributed by atoms with E-state index in [0.29, 0.717) is 30.1 Å². The standard InChI is InChI=1S/C30H36N4O4/c1-19(2)28-26(23-14-10-11-15-34(23)31-28)27-24(29(35)36)20(3)33(21(4)25(27)30(37)38-6)17-16-32(5)18-22-12-8-7-9-13-22/h7-15,19,27H,16-18H2,1-6H3,(H,35,36). The molecule has 8 nitrogen and oxygen atoms in total. The molecule has 0 spiro atoms. The maximum atomic E-state index is 13.3. The van der Waals surface area contributed by atoms with Gasteiger partial charge in [-0.05, 0) is 44.5 Å². The number of nitrogens with zero attached hydrogens (tertiary/aromatic N) is 4. The molecule has 1 aromatic carbocycles. The Morgan fingerprint density at radius 2 is 1.71 bits per heavy atom. The number of esters is 1. The molecular weight excluding hydrogens is 480 g/mol. The van der Waals surface area contributed by atoms with E-state index < -0.39 is 17.9 Å². The fourth-order valence-corrected chi connectivity index (χ4v) is 5.39. The third-order valence-corrected chi connectivity index (χ3v) is 7.25. The minimum atomic E-state index is -1.06. The molecule has 1 N–H and O–H groups in total. The molecule has 1 atom stereocenters. The molecule has 0 radical (unpaired) electrons. The monoisotopic (exact) mass is 516 g/mol. The molecule has 0 aliphatic carbocycles. The summed E-state index contributed by atoms with van der Waals surface area (Å²) in [5, 5.41) is 15.3. The number of pyridine rings is 1. The number of carbonyl (C=O) groups excluding carboxylic acids is 1. The first-order chi connectivity index (χ1) is 18.1. The first-order valence-electron chi connectivity index (χ1n) is 12.9. The van der Waals surface area contributed by atoms with Crippen molar-refractivity contribution >= 4 is 17.5 Å². The van der Waals surface area contributed by atoms with Crippen molar-refractivity contribution in [3.63, 3.8) is 0 Å². The van der Waals surface area contributed by atoms with Crippen LogP contribution in [0.3, 0.4) is 0 Å². The lowest BCUT2D eigenvalue weighted by molar-refractivity contribution is -0.136. The van der Waals surface area contributed by atoms with Crippen LogP contribution in [0.15, 0.2) is 77.3 Å². The van der Waals surface area contributed by atoms with Gasteiger partial charge in [-0.15, -0.1) is 0 Å². The van der Waals surface area contributed by atoms with Gasteiger partial charge in [0.1, 0.15) is 0 Å². The van der Waals surface area contributed by atoms with Crippen LogP contribution < -0.4 is 0 Å². The first kappa shape index (κ1) is 27.1. The second kappa shape index (κ2) is 11.2. The van der Waals surface area contributed by atoms with Gasteiger partial charge in [0.05, 0.1) is 35.4 Å². The number of hydrogen-bond donors (Lipinski definition) is 1. The van der Waals surface area contributed by atoms with Gasteiger partial charge in [0.15, 0.2) is 0 Å². The van der Waals surface area contributed by atoms with E-state index in [1.54, 1.807) is 4.52 Å². The summed E-state index contributed by atoms with van der Waals surface area (Å²) >= 11 is 0. The van der Waals surface area contributed by atoms with Crippen LogP contribution >= 0.6 is 0 Å². The average Bonchev–Trinajstić information content (AvgIpc) is 3.28. The predicted octanol–water partition coefficient (Wildman–Crippen LogP) is 4.79. The summed E-state index contributed by atoms with van der Waals surface area (Å²) in [7, 11) is 3.37. The summed E-state index contributed by atoms with van der Waals surface area (Å²) in [4.78, 5) is 30.3. The Hall–Kier alpha value is -3.91. The van der Waals surface area contributed by atoms with Crippen molar-refractivity contribution in [2.24, 2.45) is 0 Å². The summed E-state index contributed by atoms with van der Waals surface area (Å²) < 4.78 is 7.00. The molecule has 0 saturated heterocycles. The lowest BCUT2D eigenvalue weighted by Gasteiger charge is -2.38. The largest absolute Gasteiger partial charge is 0.478 e. The number of benzene rings is 1. The predicted molar refractivity (Wildman–Crippen MR) is 147 cm³/mol. The molecule has 0 bridgehead atoms. The quantitative estimate of drug-likeness (QED) is 0.409. The molecule has 3 heterocycles. The summed E-state index contributed by atoms with van der Waals surface area (Å²) in [6.45, 7) is 9.70. The number of ether oxygens (including phenoxy) is 1. The average molecular weight is 517 g/mol. The molecule has 38 heavy (non-hydrogen) atoms. The maximum Gasteiger partial charge on any atom is 0.336 e. The van der Waals surface area contributed by atoms with Gasteiger partial charge in [-0.25, -0.2) is 14.1 Å². The molecule has 1 unspecified atom stereocenters. The van der Waals surface area contributed by atoms with Gasteiger partial charge in [-0.3, -0.25) is 0 Å². The van der Waals surface area contributed by atoms with Crippen LogP contribution in [-0.4, -0.2) is 63.7 Å². The molecule has 0 amide bonds. The molecular formula is C30H36N4O4. The van der Waals surface area contributed by atoms with Crippen LogP contribution in [-0.2, 0) is 20.9 Å². The molecule has 1 aliphatic rings. The zero-order valence-electron chi connectivity index (χ0n) is 22.9. The normalized spacial score (nSPS) is 16.2. The first-order valence-corrected chi connectivity index (χ1v) is 12.9. The Bertz CT molecular complexity index is 1400. The molecule has 2 aromatic heterocycles. The fraction of sp³-hybridized carbons (Fsp3) is 0.367. The molecule has 4 rings (SSSR count). The van der Waals surface area contributed by atoms with Crippen LogP contribution in [0, 0.1) is 0 Å². The molecule has 200 valence electrons. The number of methoxy groups -OCH3 is 1. The van der Waals surface area contributed by atoms with E-state index in [4.69, 9.17) is 9.84 Å². The second-order valence-electron chi connectivity index (χ2n) is 10.1. The van der Waals surface area contributed by atoms with Crippen molar-refractivity contribution in [3.05, 3.63) is 94.1 Å². The van der Waals surface area contributed by atoms with Gasteiger partial charge < -0.3 is 19.6 Å². The van der Waals surface area contributed by atoms with E-state index in [9.17, 15) is 14.7 Å². The van der Waals surface area contributed by atoms with Crippen molar-refractivity contribution in [3.8, 4) is 0 Å². The maximum absolute atomic E-state index is 13.3. The lowest BCUT2D eigenvalue weighted by atomic mass is 9.78. The fourth-order valence-electron chi connectivity index (χ4n) is 5.39. The zero-order valence-corrected chi connectivity index (χ0v) is 22.9. The van der Waals surface area contributed by atoms with E-state index in [1.165, 1.54) is 12.7 Å². The summed E-state index contributed by atoms with van der Waals surface area (Å²) in [5.74, 6) is -2.39. The molecule has 3 aromatic rings. The Morgan fingerprint density at radius 1 is 1.05 bits per heavy atom. The van der Waals surface area contributed by atoms with Crippen LogP contribution in [0.5, 0.6) is 0 Å². The summed E-state index contributed by atoms with van der Waals surface area (Å²) in [5.41, 5.74) is 5.29. The number of aliphatic carboxylic acids is 1. The molecule has 1 aliphatic heterocycles.